The van der Waals surface area contributed by atoms with Crippen LogP contribution < -0.4 is 14.5 Å². The third kappa shape index (κ3) is 3.71. The van der Waals surface area contributed by atoms with Gasteiger partial charge < -0.3 is 19.3 Å². The van der Waals surface area contributed by atoms with Crippen molar-refractivity contribution < 1.29 is 9.47 Å². The van der Waals surface area contributed by atoms with Crippen molar-refractivity contribution in [3.05, 3.63) is 60.2 Å². The Morgan fingerprint density at radius 1 is 1.00 bits per heavy atom. The van der Waals surface area contributed by atoms with Crippen LogP contribution in [-0.4, -0.2) is 52.8 Å². The summed E-state index contributed by atoms with van der Waals surface area (Å²) in [7, 11) is 0. The van der Waals surface area contributed by atoms with E-state index in [1.165, 1.54) is 0 Å². The van der Waals surface area contributed by atoms with Gasteiger partial charge in [-0.25, -0.2) is 0 Å². The number of hydrogen-bond donors (Lipinski definition) is 0. The maximum Gasteiger partial charge on any atom is 0.230 e. The molecule has 8 heteroatoms. The van der Waals surface area contributed by atoms with Crippen molar-refractivity contribution in [1.29, 1.82) is 0 Å². The molecule has 0 aliphatic carbocycles. The van der Waals surface area contributed by atoms with Crippen LogP contribution >= 0.6 is 0 Å². The molecule has 0 radical (unpaired) electrons. The quantitative estimate of drug-likeness (QED) is 0.657. The van der Waals surface area contributed by atoms with Crippen molar-refractivity contribution in [3.8, 4) is 5.88 Å². The number of benzene rings is 1. The summed E-state index contributed by atoms with van der Waals surface area (Å²) in [4.78, 5) is 22.5. The zero-order valence-electron chi connectivity index (χ0n) is 16.1. The van der Waals surface area contributed by atoms with E-state index in [4.69, 9.17) is 19.4 Å². The molecule has 29 heavy (non-hydrogen) atoms. The monoisotopic (exact) mass is 390 g/mol. The third-order valence-electron chi connectivity index (χ3n) is 5.11. The first-order valence-electron chi connectivity index (χ1n) is 9.82. The molecule has 8 nitrogen and oxygen atoms in total. The van der Waals surface area contributed by atoms with E-state index in [0.717, 1.165) is 48.8 Å². The molecule has 0 amide bonds. The van der Waals surface area contributed by atoms with Crippen LogP contribution in [-0.2, 0) is 17.8 Å². The highest BCUT2D eigenvalue weighted by Crippen LogP contribution is 2.38. The van der Waals surface area contributed by atoms with Crippen LogP contribution in [0.25, 0.3) is 0 Å². The van der Waals surface area contributed by atoms with Crippen molar-refractivity contribution in [2.75, 3.05) is 42.6 Å². The van der Waals surface area contributed by atoms with Gasteiger partial charge in [0.25, 0.3) is 0 Å². The summed E-state index contributed by atoms with van der Waals surface area (Å²) < 4.78 is 11.6. The smallest absolute Gasteiger partial charge is 0.230 e. The summed E-state index contributed by atoms with van der Waals surface area (Å²) >= 11 is 0. The average molecular weight is 390 g/mol. The van der Waals surface area contributed by atoms with Gasteiger partial charge in [0, 0.05) is 37.7 Å². The van der Waals surface area contributed by atoms with Crippen molar-refractivity contribution in [2.45, 2.75) is 13.0 Å². The van der Waals surface area contributed by atoms with Crippen LogP contribution in [0.15, 0.2) is 48.9 Å². The molecule has 0 spiro atoms. The molecular weight excluding hydrogens is 368 g/mol. The SMILES string of the molecule is c1ccc(N2CCc3c(OCc4cnccn4)nc(N4CCOCC4)nc32)cc1. The van der Waals surface area contributed by atoms with E-state index < -0.39 is 0 Å². The van der Waals surface area contributed by atoms with Gasteiger partial charge in [0.05, 0.1) is 30.7 Å². The largest absolute Gasteiger partial charge is 0.471 e. The second-order valence-electron chi connectivity index (χ2n) is 6.95. The molecule has 2 aromatic heterocycles. The second-order valence-corrected chi connectivity index (χ2v) is 6.95. The lowest BCUT2D eigenvalue weighted by Gasteiger charge is -2.28. The van der Waals surface area contributed by atoms with Crippen LogP contribution in [0.1, 0.15) is 11.3 Å². The summed E-state index contributed by atoms with van der Waals surface area (Å²) in [5.41, 5.74) is 2.93. The van der Waals surface area contributed by atoms with Crippen LogP contribution in [0, 0.1) is 0 Å². The van der Waals surface area contributed by atoms with Gasteiger partial charge in [0.15, 0.2) is 0 Å². The summed E-state index contributed by atoms with van der Waals surface area (Å²) in [5.74, 6) is 2.23. The van der Waals surface area contributed by atoms with Gasteiger partial charge in [-0.2, -0.15) is 9.97 Å². The van der Waals surface area contributed by atoms with Gasteiger partial charge in [-0.1, -0.05) is 18.2 Å². The highest BCUT2D eigenvalue weighted by molar-refractivity contribution is 5.69. The fraction of sp³-hybridized carbons (Fsp3) is 0.333. The molecular formula is C21H22N6O2. The summed E-state index contributed by atoms with van der Waals surface area (Å²) in [5, 5.41) is 0. The number of ether oxygens (including phenoxy) is 2. The first kappa shape index (κ1) is 17.8. The van der Waals surface area contributed by atoms with Gasteiger partial charge in [-0.05, 0) is 18.6 Å². The molecule has 4 heterocycles. The zero-order chi connectivity index (χ0) is 19.5. The number of nitrogens with zero attached hydrogens (tertiary/aromatic N) is 6. The maximum atomic E-state index is 6.11. The molecule has 0 N–H and O–H groups in total. The molecule has 0 unspecified atom stereocenters. The number of rotatable bonds is 5. The van der Waals surface area contributed by atoms with Crippen molar-refractivity contribution >= 4 is 17.5 Å². The van der Waals surface area contributed by atoms with Crippen molar-refractivity contribution in [2.24, 2.45) is 0 Å². The van der Waals surface area contributed by atoms with E-state index in [0.29, 0.717) is 31.6 Å². The number of morpholine rings is 1. The lowest BCUT2D eigenvalue weighted by atomic mass is 10.2. The van der Waals surface area contributed by atoms with Gasteiger partial charge in [-0.3, -0.25) is 9.97 Å². The minimum Gasteiger partial charge on any atom is -0.471 e. The third-order valence-corrected chi connectivity index (χ3v) is 5.11. The Morgan fingerprint density at radius 3 is 2.66 bits per heavy atom. The van der Waals surface area contributed by atoms with E-state index in [9.17, 15) is 0 Å². The summed E-state index contributed by atoms with van der Waals surface area (Å²) in [6, 6.07) is 10.3. The van der Waals surface area contributed by atoms with Gasteiger partial charge >= 0.3 is 0 Å². The van der Waals surface area contributed by atoms with E-state index in [1.54, 1.807) is 18.6 Å². The predicted molar refractivity (Wildman–Crippen MR) is 109 cm³/mol. The summed E-state index contributed by atoms with van der Waals surface area (Å²) in [6.45, 7) is 4.08. The zero-order valence-corrected chi connectivity index (χ0v) is 16.1. The van der Waals surface area contributed by atoms with Gasteiger partial charge in [0.2, 0.25) is 11.8 Å². The Labute approximate surface area is 169 Å². The highest BCUT2D eigenvalue weighted by atomic mass is 16.5. The molecule has 1 saturated heterocycles. The predicted octanol–water partition coefficient (Wildman–Crippen LogP) is 2.38. The molecule has 148 valence electrons. The lowest BCUT2D eigenvalue weighted by molar-refractivity contribution is 0.122. The average Bonchev–Trinajstić information content (AvgIpc) is 3.23. The van der Waals surface area contributed by atoms with Crippen molar-refractivity contribution in [3.63, 3.8) is 0 Å². The number of hydrogen-bond acceptors (Lipinski definition) is 8. The molecule has 2 aliphatic heterocycles. The molecule has 0 bridgehead atoms. The van der Waals surface area contributed by atoms with Gasteiger partial charge in [0.1, 0.15) is 12.4 Å². The first-order chi connectivity index (χ1) is 14.4. The minimum absolute atomic E-state index is 0.325. The van der Waals surface area contributed by atoms with Crippen LogP contribution in [0.3, 0.4) is 0 Å². The number of aromatic nitrogens is 4. The molecule has 3 aromatic rings. The van der Waals surface area contributed by atoms with E-state index in [-0.39, 0.29) is 0 Å². The molecule has 0 saturated carbocycles. The Kier molecular flexibility index (Phi) is 4.92. The van der Waals surface area contributed by atoms with E-state index in [1.807, 2.05) is 18.2 Å². The van der Waals surface area contributed by atoms with Crippen LogP contribution in [0.2, 0.25) is 0 Å². The standard InChI is InChI=1S/C21H22N6O2/c1-2-4-17(5-3-1)27-9-6-18-19(27)24-21(26-10-12-28-13-11-26)25-20(18)29-15-16-14-22-7-8-23-16/h1-5,7-8,14H,6,9-13,15H2. The number of anilines is 3. The Balaban J connectivity index is 1.50. The topological polar surface area (TPSA) is 76.5 Å². The molecule has 1 aromatic carbocycles. The molecule has 5 rings (SSSR count). The maximum absolute atomic E-state index is 6.11. The molecule has 1 fully saturated rings. The van der Waals surface area contributed by atoms with Crippen LogP contribution in [0.4, 0.5) is 17.5 Å². The Morgan fingerprint density at radius 2 is 1.86 bits per heavy atom. The first-order valence-corrected chi connectivity index (χ1v) is 9.82. The highest BCUT2D eigenvalue weighted by Gasteiger charge is 2.29. The van der Waals surface area contributed by atoms with E-state index in [2.05, 4.69) is 31.9 Å². The molecule has 0 atom stereocenters. The fourth-order valence-electron chi connectivity index (χ4n) is 3.64. The van der Waals surface area contributed by atoms with Crippen molar-refractivity contribution in [1.82, 2.24) is 19.9 Å². The lowest BCUT2D eigenvalue weighted by Crippen LogP contribution is -2.37. The number of para-hydroxylation sites is 1. The van der Waals surface area contributed by atoms with Gasteiger partial charge in [-0.15, -0.1) is 0 Å². The normalized spacial score (nSPS) is 16.0. The number of fused-ring (bicyclic) bond motifs is 1. The van der Waals surface area contributed by atoms with Crippen LogP contribution in [0.5, 0.6) is 5.88 Å². The molecule has 2 aliphatic rings. The summed E-state index contributed by atoms with van der Waals surface area (Å²) in [6.07, 6.45) is 5.86. The second kappa shape index (κ2) is 8.00. The Hall–Kier alpha value is -3.26. The Bertz CT molecular complexity index is 964. The minimum atomic E-state index is 0.325. The van der Waals surface area contributed by atoms with E-state index >= 15 is 0 Å². The fourth-order valence-corrected chi connectivity index (χ4v) is 3.64.